The number of ether oxygens (including phenoxy) is 1. The highest BCUT2D eigenvalue weighted by Gasteiger charge is 2.20. The zero-order chi connectivity index (χ0) is 11.8. The molecule has 0 saturated heterocycles. The van der Waals surface area contributed by atoms with Crippen LogP contribution in [0.25, 0.3) is 0 Å². The molecule has 1 N–H and O–H groups in total. The molecule has 94 valence electrons. The number of rotatable bonds is 9. The Balaban J connectivity index is 1.90. The lowest BCUT2D eigenvalue weighted by molar-refractivity contribution is -0.125. The second-order valence-corrected chi connectivity index (χ2v) is 4.68. The number of amides is 1. The molecule has 3 heteroatoms. The van der Waals surface area contributed by atoms with E-state index in [1.165, 1.54) is 12.8 Å². The van der Waals surface area contributed by atoms with Crippen molar-refractivity contribution in [1.82, 2.24) is 5.32 Å². The van der Waals surface area contributed by atoms with Gasteiger partial charge in [0, 0.05) is 25.7 Å². The van der Waals surface area contributed by atoms with Crippen molar-refractivity contribution in [2.24, 2.45) is 11.8 Å². The lowest BCUT2D eigenvalue weighted by Gasteiger charge is -2.12. The van der Waals surface area contributed by atoms with E-state index in [0.717, 1.165) is 44.9 Å². The number of carbonyl (C=O) groups excluding carboxylic acids is 1. The van der Waals surface area contributed by atoms with E-state index in [1.54, 1.807) is 0 Å². The van der Waals surface area contributed by atoms with Gasteiger partial charge in [-0.3, -0.25) is 4.79 Å². The normalized spacial score (nSPS) is 15.4. The molecule has 0 atom stereocenters. The van der Waals surface area contributed by atoms with Crippen LogP contribution in [0.1, 0.15) is 46.0 Å². The molecule has 1 fully saturated rings. The highest BCUT2D eigenvalue weighted by Crippen LogP contribution is 2.28. The minimum atomic E-state index is 0.187. The van der Waals surface area contributed by atoms with Crippen molar-refractivity contribution in [2.45, 2.75) is 46.0 Å². The summed E-state index contributed by atoms with van der Waals surface area (Å²) in [6.45, 7) is 6.57. The molecule has 0 radical (unpaired) electrons. The summed E-state index contributed by atoms with van der Waals surface area (Å²) in [5.74, 6) is 1.22. The molecular weight excluding hydrogens is 202 g/mol. The first-order valence-electron chi connectivity index (χ1n) is 6.63. The third kappa shape index (κ3) is 5.50. The number of carbonyl (C=O) groups is 1. The molecular formula is C13H25NO2. The fraction of sp³-hybridized carbons (Fsp3) is 0.923. The van der Waals surface area contributed by atoms with Gasteiger partial charge in [-0.15, -0.1) is 0 Å². The van der Waals surface area contributed by atoms with Crippen LogP contribution in [0, 0.1) is 11.8 Å². The summed E-state index contributed by atoms with van der Waals surface area (Å²) in [6.07, 6.45) is 5.47. The molecule has 0 aromatic rings. The van der Waals surface area contributed by atoms with Crippen LogP contribution in [0.4, 0.5) is 0 Å². The standard InChI is InChI=1S/C13H25NO2/c1-3-12(4-2)13(15)14-8-5-9-16-10-11-6-7-11/h11-12H,3-10H2,1-2H3,(H,14,15). The van der Waals surface area contributed by atoms with Crippen LogP contribution in [0.15, 0.2) is 0 Å². The molecule has 0 aromatic carbocycles. The van der Waals surface area contributed by atoms with E-state index in [2.05, 4.69) is 19.2 Å². The van der Waals surface area contributed by atoms with Gasteiger partial charge >= 0.3 is 0 Å². The summed E-state index contributed by atoms with van der Waals surface area (Å²) < 4.78 is 5.50. The van der Waals surface area contributed by atoms with Crippen molar-refractivity contribution in [3.05, 3.63) is 0 Å². The molecule has 0 spiro atoms. The van der Waals surface area contributed by atoms with E-state index in [1.807, 2.05) is 0 Å². The molecule has 3 nitrogen and oxygen atoms in total. The molecule has 1 aliphatic rings. The number of hydrogen-bond donors (Lipinski definition) is 1. The maximum absolute atomic E-state index is 11.6. The van der Waals surface area contributed by atoms with Crippen LogP contribution < -0.4 is 5.32 Å². The smallest absolute Gasteiger partial charge is 0.223 e. The molecule has 0 aromatic heterocycles. The van der Waals surface area contributed by atoms with Gasteiger partial charge in [0.2, 0.25) is 5.91 Å². The quantitative estimate of drug-likeness (QED) is 0.614. The predicted molar refractivity (Wildman–Crippen MR) is 65.2 cm³/mol. The van der Waals surface area contributed by atoms with Crippen molar-refractivity contribution >= 4 is 5.91 Å². The van der Waals surface area contributed by atoms with Crippen molar-refractivity contribution in [2.75, 3.05) is 19.8 Å². The summed E-state index contributed by atoms with van der Waals surface area (Å²) >= 11 is 0. The van der Waals surface area contributed by atoms with Gasteiger partial charge in [-0.2, -0.15) is 0 Å². The monoisotopic (exact) mass is 227 g/mol. The van der Waals surface area contributed by atoms with Gasteiger partial charge in [0.15, 0.2) is 0 Å². The topological polar surface area (TPSA) is 38.3 Å². The molecule has 0 unspecified atom stereocenters. The lowest BCUT2D eigenvalue weighted by Crippen LogP contribution is -2.31. The highest BCUT2D eigenvalue weighted by atomic mass is 16.5. The van der Waals surface area contributed by atoms with Crippen molar-refractivity contribution in [1.29, 1.82) is 0 Å². The zero-order valence-corrected chi connectivity index (χ0v) is 10.6. The molecule has 16 heavy (non-hydrogen) atoms. The molecule has 0 heterocycles. The fourth-order valence-corrected chi connectivity index (χ4v) is 1.72. The third-order valence-electron chi connectivity index (χ3n) is 3.17. The van der Waals surface area contributed by atoms with Crippen LogP contribution in [-0.4, -0.2) is 25.7 Å². The SMILES string of the molecule is CCC(CC)C(=O)NCCCOCC1CC1. The Morgan fingerprint density at radius 2 is 2.06 bits per heavy atom. The molecule has 1 rings (SSSR count). The summed E-state index contributed by atoms with van der Waals surface area (Å²) in [4.78, 5) is 11.6. The van der Waals surface area contributed by atoms with Crippen LogP contribution in [0.2, 0.25) is 0 Å². The molecule has 1 aliphatic carbocycles. The Kier molecular flexibility index (Phi) is 6.46. The Morgan fingerprint density at radius 3 is 2.62 bits per heavy atom. The van der Waals surface area contributed by atoms with E-state index in [9.17, 15) is 4.79 Å². The maximum atomic E-state index is 11.6. The van der Waals surface area contributed by atoms with Gasteiger partial charge < -0.3 is 10.1 Å². The zero-order valence-electron chi connectivity index (χ0n) is 10.6. The van der Waals surface area contributed by atoms with Crippen molar-refractivity contribution < 1.29 is 9.53 Å². The molecule has 0 bridgehead atoms. The van der Waals surface area contributed by atoms with Gasteiger partial charge in [0.1, 0.15) is 0 Å². The average molecular weight is 227 g/mol. The minimum absolute atomic E-state index is 0.187. The number of nitrogens with one attached hydrogen (secondary N) is 1. The van der Waals surface area contributed by atoms with Crippen LogP contribution in [-0.2, 0) is 9.53 Å². The third-order valence-corrected chi connectivity index (χ3v) is 3.17. The summed E-state index contributed by atoms with van der Waals surface area (Å²) in [6, 6.07) is 0. The maximum Gasteiger partial charge on any atom is 0.223 e. The first kappa shape index (κ1) is 13.5. The summed E-state index contributed by atoms with van der Waals surface area (Å²) in [5, 5.41) is 2.97. The molecule has 1 amide bonds. The average Bonchev–Trinajstić information content (AvgIpc) is 3.09. The highest BCUT2D eigenvalue weighted by molar-refractivity contribution is 5.78. The van der Waals surface area contributed by atoms with Gasteiger partial charge in [0.25, 0.3) is 0 Å². The molecule has 0 aliphatic heterocycles. The van der Waals surface area contributed by atoms with E-state index >= 15 is 0 Å². The number of hydrogen-bond acceptors (Lipinski definition) is 2. The van der Waals surface area contributed by atoms with Gasteiger partial charge in [-0.25, -0.2) is 0 Å². The van der Waals surface area contributed by atoms with E-state index in [4.69, 9.17) is 4.74 Å². The van der Waals surface area contributed by atoms with Crippen molar-refractivity contribution in [3.8, 4) is 0 Å². The fourth-order valence-electron chi connectivity index (χ4n) is 1.72. The van der Waals surface area contributed by atoms with E-state index < -0.39 is 0 Å². The lowest BCUT2D eigenvalue weighted by atomic mass is 10.0. The predicted octanol–water partition coefficient (Wildman–Crippen LogP) is 2.36. The van der Waals surface area contributed by atoms with E-state index in [0.29, 0.717) is 0 Å². The summed E-state index contributed by atoms with van der Waals surface area (Å²) in [5.41, 5.74) is 0. The van der Waals surface area contributed by atoms with Crippen molar-refractivity contribution in [3.63, 3.8) is 0 Å². The first-order chi connectivity index (χ1) is 7.77. The van der Waals surface area contributed by atoms with Crippen LogP contribution in [0.3, 0.4) is 0 Å². The Labute approximate surface area is 98.9 Å². The minimum Gasteiger partial charge on any atom is -0.381 e. The van der Waals surface area contributed by atoms with Gasteiger partial charge in [0.05, 0.1) is 0 Å². The first-order valence-corrected chi connectivity index (χ1v) is 6.63. The largest absolute Gasteiger partial charge is 0.381 e. The Morgan fingerprint density at radius 1 is 1.38 bits per heavy atom. The van der Waals surface area contributed by atoms with Crippen LogP contribution in [0.5, 0.6) is 0 Å². The van der Waals surface area contributed by atoms with Gasteiger partial charge in [-0.05, 0) is 38.0 Å². The Bertz CT molecular complexity index is 198. The molecule has 1 saturated carbocycles. The second kappa shape index (κ2) is 7.66. The second-order valence-electron chi connectivity index (χ2n) is 4.68. The van der Waals surface area contributed by atoms with Crippen LogP contribution >= 0.6 is 0 Å². The Hall–Kier alpha value is -0.570. The summed E-state index contributed by atoms with van der Waals surface area (Å²) in [7, 11) is 0. The van der Waals surface area contributed by atoms with E-state index in [-0.39, 0.29) is 11.8 Å². The van der Waals surface area contributed by atoms with Gasteiger partial charge in [-0.1, -0.05) is 13.8 Å².